The Morgan fingerprint density at radius 3 is 2.79 bits per heavy atom. The van der Waals surface area contributed by atoms with E-state index in [2.05, 4.69) is 11.1 Å². The molecule has 2 aromatic rings. The van der Waals surface area contributed by atoms with Crippen LogP contribution in [0.3, 0.4) is 0 Å². The highest BCUT2D eigenvalue weighted by Crippen LogP contribution is 2.55. The summed E-state index contributed by atoms with van der Waals surface area (Å²) in [7, 11) is 1.65. The van der Waals surface area contributed by atoms with Crippen molar-refractivity contribution < 1.29 is 14.3 Å². The molecule has 0 radical (unpaired) electrons. The normalized spacial score (nSPS) is 30.6. The fourth-order valence-corrected chi connectivity index (χ4v) is 4.80. The van der Waals surface area contributed by atoms with E-state index in [1.54, 1.807) is 7.05 Å². The van der Waals surface area contributed by atoms with E-state index in [1.807, 2.05) is 44.4 Å². The van der Waals surface area contributed by atoms with Gasteiger partial charge in [0.25, 0.3) is 5.91 Å². The van der Waals surface area contributed by atoms with Gasteiger partial charge in [0, 0.05) is 37.2 Å². The second kappa shape index (κ2) is 6.03. The topological polar surface area (TPSA) is 90.0 Å². The van der Waals surface area contributed by atoms with Gasteiger partial charge in [-0.2, -0.15) is 0 Å². The second-order valence-corrected chi connectivity index (χ2v) is 8.21. The number of aryl methyl sites for hydroxylation is 1. The van der Waals surface area contributed by atoms with E-state index in [1.165, 1.54) is 4.90 Å². The number of nitrogens with zero attached hydrogens (tertiary/aromatic N) is 3. The molecule has 1 saturated heterocycles. The molecule has 0 bridgehead atoms. The van der Waals surface area contributed by atoms with E-state index in [-0.39, 0.29) is 18.0 Å². The third kappa shape index (κ3) is 2.31. The average molecular weight is 392 g/mol. The highest BCUT2D eigenvalue weighted by molar-refractivity contribution is 6.08. The first-order valence-electron chi connectivity index (χ1n) is 9.87. The standard InChI is InChI=1S/C22H24N4O3/c1-13-9-15(12-24-11-13)14-6-7-17-16(10-14)22(19(27)26(3)20(23)25-22)21(2)18(29-17)5-4-8-28-21/h6-7,9-12,18H,4-5,8H2,1-3H3,(H2,23,25)/t18?,21?,22-/m1/s1. The van der Waals surface area contributed by atoms with Gasteiger partial charge in [-0.1, -0.05) is 6.07 Å². The average Bonchev–Trinajstić information content (AvgIpc) is 2.94. The van der Waals surface area contributed by atoms with Gasteiger partial charge in [-0.15, -0.1) is 0 Å². The molecule has 0 saturated carbocycles. The summed E-state index contributed by atoms with van der Waals surface area (Å²) in [5, 5.41) is 0. The molecule has 0 aliphatic carbocycles. The molecule has 4 heterocycles. The fraction of sp³-hybridized carbons (Fsp3) is 0.409. The Morgan fingerprint density at radius 2 is 2.07 bits per heavy atom. The minimum atomic E-state index is -1.27. The van der Waals surface area contributed by atoms with Gasteiger partial charge in [0.05, 0.1) is 0 Å². The maximum absolute atomic E-state index is 13.6. The summed E-state index contributed by atoms with van der Waals surface area (Å²) >= 11 is 0. The number of hydrogen-bond acceptors (Lipinski definition) is 6. The van der Waals surface area contributed by atoms with Crippen LogP contribution in [0.5, 0.6) is 5.75 Å². The smallest absolute Gasteiger partial charge is 0.265 e. The van der Waals surface area contributed by atoms with Crippen LogP contribution >= 0.6 is 0 Å². The van der Waals surface area contributed by atoms with Gasteiger partial charge in [-0.3, -0.25) is 14.7 Å². The summed E-state index contributed by atoms with van der Waals surface area (Å²) < 4.78 is 12.6. The van der Waals surface area contributed by atoms with Crippen LogP contribution in [0.4, 0.5) is 0 Å². The van der Waals surface area contributed by atoms with Crippen molar-refractivity contribution in [2.75, 3.05) is 13.7 Å². The van der Waals surface area contributed by atoms with Gasteiger partial charge in [0.2, 0.25) is 5.54 Å². The summed E-state index contributed by atoms with van der Waals surface area (Å²) in [5.74, 6) is 0.663. The maximum Gasteiger partial charge on any atom is 0.265 e. The van der Waals surface area contributed by atoms with Crippen LogP contribution in [0.2, 0.25) is 0 Å². The first-order valence-corrected chi connectivity index (χ1v) is 9.87. The number of likely N-dealkylation sites (N-methyl/N-ethyl adjacent to an activating group) is 1. The third-order valence-corrected chi connectivity index (χ3v) is 6.43. The van der Waals surface area contributed by atoms with Crippen molar-refractivity contribution in [2.24, 2.45) is 10.7 Å². The van der Waals surface area contributed by atoms with Gasteiger partial charge in [-0.05, 0) is 56.0 Å². The molecule has 7 heteroatoms. The number of carbonyl (C=O) groups is 1. The fourth-order valence-electron chi connectivity index (χ4n) is 4.80. The molecule has 1 spiro atoms. The SMILES string of the molecule is Cc1cncc(-c2ccc3c(c2)[C@]2(N=C(N)N(C)C2=O)C2(C)OCCCC2O3)c1. The number of amides is 1. The van der Waals surface area contributed by atoms with Crippen LogP contribution in [0.15, 0.2) is 41.7 Å². The molecule has 2 unspecified atom stereocenters. The quantitative estimate of drug-likeness (QED) is 0.805. The van der Waals surface area contributed by atoms with Crippen molar-refractivity contribution in [2.45, 2.75) is 43.9 Å². The molecule has 3 aliphatic rings. The van der Waals surface area contributed by atoms with Crippen LogP contribution in [0, 0.1) is 6.92 Å². The molecule has 3 atom stereocenters. The molecule has 1 aromatic heterocycles. The lowest BCUT2D eigenvalue weighted by molar-refractivity contribution is -0.191. The number of aromatic nitrogens is 1. The number of ether oxygens (including phenoxy) is 2. The lowest BCUT2D eigenvalue weighted by Gasteiger charge is -2.52. The number of fused-ring (bicyclic) bond motifs is 4. The molecule has 2 N–H and O–H groups in total. The van der Waals surface area contributed by atoms with Crippen molar-refractivity contribution in [1.29, 1.82) is 0 Å². The van der Waals surface area contributed by atoms with Crippen LogP contribution < -0.4 is 10.5 Å². The van der Waals surface area contributed by atoms with E-state index in [0.29, 0.717) is 17.9 Å². The molecule has 3 aliphatic heterocycles. The molecule has 1 fully saturated rings. The first-order chi connectivity index (χ1) is 13.9. The summed E-state index contributed by atoms with van der Waals surface area (Å²) in [5.41, 5.74) is 7.59. The summed E-state index contributed by atoms with van der Waals surface area (Å²) in [6.45, 7) is 4.48. The van der Waals surface area contributed by atoms with Gasteiger partial charge in [0.1, 0.15) is 17.5 Å². The predicted octanol–water partition coefficient (Wildman–Crippen LogP) is 2.37. The zero-order valence-corrected chi connectivity index (χ0v) is 16.8. The lowest BCUT2D eigenvalue weighted by Crippen LogP contribution is -2.67. The molecule has 1 amide bonds. The molecule has 7 nitrogen and oxygen atoms in total. The number of carbonyl (C=O) groups excluding carboxylic acids is 1. The van der Waals surface area contributed by atoms with Crippen molar-refractivity contribution in [3.05, 3.63) is 47.8 Å². The zero-order chi connectivity index (χ0) is 20.4. The summed E-state index contributed by atoms with van der Waals surface area (Å²) in [6.07, 6.45) is 5.03. The second-order valence-electron chi connectivity index (χ2n) is 8.21. The third-order valence-electron chi connectivity index (χ3n) is 6.43. The largest absolute Gasteiger partial charge is 0.487 e. The maximum atomic E-state index is 13.6. The Bertz CT molecular complexity index is 1050. The van der Waals surface area contributed by atoms with Gasteiger partial charge in [-0.25, -0.2) is 4.99 Å². The number of nitrogens with two attached hydrogens (primary N) is 1. The van der Waals surface area contributed by atoms with E-state index >= 15 is 0 Å². The highest BCUT2D eigenvalue weighted by Gasteiger charge is 2.68. The van der Waals surface area contributed by atoms with Crippen LogP contribution in [0.25, 0.3) is 11.1 Å². The van der Waals surface area contributed by atoms with Crippen molar-refractivity contribution in [1.82, 2.24) is 9.88 Å². The van der Waals surface area contributed by atoms with E-state index < -0.39 is 11.1 Å². The number of aliphatic imine (C=N–C) groups is 1. The van der Waals surface area contributed by atoms with E-state index in [0.717, 1.165) is 29.5 Å². The van der Waals surface area contributed by atoms with Gasteiger partial charge < -0.3 is 15.2 Å². The molecular formula is C22H24N4O3. The molecule has 5 rings (SSSR count). The predicted molar refractivity (Wildman–Crippen MR) is 108 cm³/mol. The molecule has 29 heavy (non-hydrogen) atoms. The molecular weight excluding hydrogens is 368 g/mol. The molecule has 150 valence electrons. The van der Waals surface area contributed by atoms with Gasteiger partial charge >= 0.3 is 0 Å². The monoisotopic (exact) mass is 392 g/mol. The van der Waals surface area contributed by atoms with E-state index in [4.69, 9.17) is 20.2 Å². The number of rotatable bonds is 1. The van der Waals surface area contributed by atoms with Crippen molar-refractivity contribution in [3.63, 3.8) is 0 Å². The highest BCUT2D eigenvalue weighted by atomic mass is 16.6. The number of benzene rings is 1. The Hall–Kier alpha value is -2.93. The van der Waals surface area contributed by atoms with Gasteiger partial charge in [0.15, 0.2) is 5.96 Å². The van der Waals surface area contributed by atoms with Crippen LogP contribution in [0.1, 0.15) is 30.9 Å². The minimum Gasteiger partial charge on any atom is -0.487 e. The first kappa shape index (κ1) is 18.1. The van der Waals surface area contributed by atoms with Crippen molar-refractivity contribution >= 4 is 11.9 Å². The number of guanidine groups is 1. The Balaban J connectivity index is 1.77. The van der Waals surface area contributed by atoms with Crippen LogP contribution in [-0.4, -0.2) is 47.1 Å². The number of pyridine rings is 1. The lowest BCUT2D eigenvalue weighted by atomic mass is 9.68. The summed E-state index contributed by atoms with van der Waals surface area (Å²) in [6, 6.07) is 7.94. The number of hydrogen-bond donors (Lipinski definition) is 1. The molecule has 1 aromatic carbocycles. The summed E-state index contributed by atoms with van der Waals surface area (Å²) in [4.78, 5) is 24.1. The van der Waals surface area contributed by atoms with Crippen LogP contribution in [-0.2, 0) is 15.1 Å². The Morgan fingerprint density at radius 1 is 1.24 bits per heavy atom. The Kier molecular flexibility index (Phi) is 3.77. The zero-order valence-electron chi connectivity index (χ0n) is 16.8. The minimum absolute atomic E-state index is 0.187. The Labute approximate surface area is 169 Å². The van der Waals surface area contributed by atoms with Crippen molar-refractivity contribution in [3.8, 4) is 16.9 Å². The van der Waals surface area contributed by atoms with E-state index in [9.17, 15) is 4.79 Å².